The summed E-state index contributed by atoms with van der Waals surface area (Å²) in [6, 6.07) is 0.0546. The van der Waals surface area contributed by atoms with Gasteiger partial charge in [-0.2, -0.15) is 9.97 Å². The van der Waals surface area contributed by atoms with Crippen LogP contribution in [0.4, 0.5) is 11.8 Å². The first-order valence-corrected chi connectivity index (χ1v) is 6.40. The van der Waals surface area contributed by atoms with Crippen molar-refractivity contribution in [2.24, 2.45) is 5.73 Å². The third kappa shape index (κ3) is 2.17. The summed E-state index contributed by atoms with van der Waals surface area (Å²) in [4.78, 5) is 36.0. The van der Waals surface area contributed by atoms with Crippen LogP contribution in [0.1, 0.15) is 16.8 Å². The summed E-state index contributed by atoms with van der Waals surface area (Å²) in [7, 11) is 0. The summed E-state index contributed by atoms with van der Waals surface area (Å²) in [5.41, 5.74) is 10.8. The van der Waals surface area contributed by atoms with Gasteiger partial charge in [0.25, 0.3) is 0 Å². The Morgan fingerprint density at radius 2 is 2.24 bits per heavy atom. The quantitative estimate of drug-likeness (QED) is 0.557. The third-order valence-electron chi connectivity index (χ3n) is 3.49. The van der Waals surface area contributed by atoms with E-state index in [1.807, 2.05) is 4.90 Å². The predicted molar refractivity (Wildman–Crippen MR) is 76.3 cm³/mol. The maximum atomic E-state index is 12.1. The molecule has 6 N–H and O–H groups in total. The number of H-pyrrole nitrogens is 1. The molecule has 110 valence electrons. The molecule has 0 spiro atoms. The zero-order valence-corrected chi connectivity index (χ0v) is 11.0. The minimum Gasteiger partial charge on any atom is -0.477 e. The van der Waals surface area contributed by atoms with E-state index in [2.05, 4.69) is 15.0 Å². The highest BCUT2D eigenvalue weighted by molar-refractivity contribution is 5.94. The second-order valence-electron chi connectivity index (χ2n) is 4.96. The summed E-state index contributed by atoms with van der Waals surface area (Å²) in [6.45, 7) is 1.33. The molecule has 9 heteroatoms. The van der Waals surface area contributed by atoms with Gasteiger partial charge >= 0.3 is 5.97 Å². The molecule has 0 saturated carbocycles. The van der Waals surface area contributed by atoms with Crippen LogP contribution in [-0.2, 0) is 0 Å². The van der Waals surface area contributed by atoms with Crippen LogP contribution in [-0.4, -0.2) is 45.2 Å². The monoisotopic (exact) mass is 290 g/mol. The van der Waals surface area contributed by atoms with Gasteiger partial charge in [-0.05, 0) is 6.42 Å². The molecule has 0 radical (unpaired) electrons. The lowest BCUT2D eigenvalue weighted by molar-refractivity contribution is 0.0695. The summed E-state index contributed by atoms with van der Waals surface area (Å²) in [5.74, 6) is -0.987. The van der Waals surface area contributed by atoms with Crippen molar-refractivity contribution in [2.75, 3.05) is 23.7 Å². The van der Waals surface area contributed by atoms with Crippen LogP contribution in [0.25, 0.3) is 11.0 Å². The molecule has 1 atom stereocenters. The highest BCUT2D eigenvalue weighted by atomic mass is 16.4. The number of fused-ring (bicyclic) bond motifs is 1. The van der Waals surface area contributed by atoms with Gasteiger partial charge in [0.1, 0.15) is 22.4 Å². The number of aromatic nitrogens is 3. The first kappa shape index (κ1) is 13.3. The van der Waals surface area contributed by atoms with E-state index in [9.17, 15) is 9.59 Å². The number of aromatic amines is 1. The number of carboxylic acids is 1. The number of nitrogens with two attached hydrogens (primary N) is 2. The van der Waals surface area contributed by atoms with Crippen molar-refractivity contribution < 1.29 is 9.90 Å². The van der Waals surface area contributed by atoms with E-state index in [4.69, 9.17) is 16.6 Å². The highest BCUT2D eigenvalue weighted by Gasteiger charge is 2.23. The first-order valence-electron chi connectivity index (χ1n) is 6.40. The standard InChI is InChI=1S/C12H14N6O3/c13-5-1-2-18(4-5)12-16-9(14)7-8(19)6(11(20)21)3-15-10(7)17-12/h3,5H,1-2,4,13H2,(H,20,21)(H3,14,15,16,17,19). The molecule has 0 bridgehead atoms. The maximum absolute atomic E-state index is 12.1. The minimum absolute atomic E-state index is 0.0119. The minimum atomic E-state index is -1.33. The van der Waals surface area contributed by atoms with Crippen molar-refractivity contribution in [3.05, 3.63) is 22.0 Å². The van der Waals surface area contributed by atoms with E-state index in [1.54, 1.807) is 0 Å². The number of nitrogen functional groups attached to an aromatic ring is 1. The van der Waals surface area contributed by atoms with Crippen LogP contribution in [0.5, 0.6) is 0 Å². The Morgan fingerprint density at radius 3 is 2.86 bits per heavy atom. The SMILES string of the molecule is Nc1nc(N2CCC(N)C2)nc2[nH]cc(C(=O)O)c(=O)c12. The van der Waals surface area contributed by atoms with E-state index in [1.165, 1.54) is 0 Å². The molecule has 1 unspecified atom stereocenters. The predicted octanol–water partition coefficient (Wildman–Crippen LogP) is -0.864. The van der Waals surface area contributed by atoms with Crippen molar-refractivity contribution in [3.8, 4) is 0 Å². The van der Waals surface area contributed by atoms with Gasteiger partial charge in [0.05, 0.1) is 0 Å². The average molecular weight is 290 g/mol. The number of carbonyl (C=O) groups is 1. The number of hydrogen-bond donors (Lipinski definition) is 4. The molecule has 2 aromatic heterocycles. The molecule has 3 heterocycles. The van der Waals surface area contributed by atoms with Gasteiger partial charge in [-0.25, -0.2) is 4.79 Å². The normalized spacial score (nSPS) is 18.3. The van der Waals surface area contributed by atoms with Crippen LogP contribution in [0, 0.1) is 0 Å². The van der Waals surface area contributed by atoms with E-state index >= 15 is 0 Å². The van der Waals surface area contributed by atoms with Crippen molar-refractivity contribution in [1.29, 1.82) is 0 Å². The molecule has 0 aromatic carbocycles. The molecule has 1 aliphatic rings. The Kier molecular flexibility index (Phi) is 2.98. The third-order valence-corrected chi connectivity index (χ3v) is 3.49. The lowest BCUT2D eigenvalue weighted by Gasteiger charge is -2.16. The fourth-order valence-corrected chi connectivity index (χ4v) is 2.40. The van der Waals surface area contributed by atoms with Gasteiger partial charge in [-0.1, -0.05) is 0 Å². The zero-order valence-electron chi connectivity index (χ0n) is 11.0. The summed E-state index contributed by atoms with van der Waals surface area (Å²) in [5, 5.41) is 8.94. The number of hydrogen-bond acceptors (Lipinski definition) is 7. The summed E-state index contributed by atoms with van der Waals surface area (Å²) in [6.07, 6.45) is 1.94. The van der Waals surface area contributed by atoms with Gasteiger partial charge in [0, 0.05) is 25.3 Å². The number of carboxylic acid groups (broad SMARTS) is 1. The maximum Gasteiger partial charge on any atom is 0.341 e. The lowest BCUT2D eigenvalue weighted by atomic mass is 10.2. The summed E-state index contributed by atoms with van der Waals surface area (Å²) >= 11 is 0. The first-order chi connectivity index (χ1) is 9.97. The Labute approximate surface area is 118 Å². The Morgan fingerprint density at radius 1 is 1.48 bits per heavy atom. The van der Waals surface area contributed by atoms with Gasteiger partial charge < -0.3 is 26.5 Å². The van der Waals surface area contributed by atoms with Gasteiger partial charge in [0.15, 0.2) is 0 Å². The molecule has 1 saturated heterocycles. The van der Waals surface area contributed by atoms with Crippen LogP contribution >= 0.6 is 0 Å². The Hall–Kier alpha value is -2.68. The second-order valence-corrected chi connectivity index (χ2v) is 4.96. The highest BCUT2D eigenvalue weighted by Crippen LogP contribution is 2.20. The molecular weight excluding hydrogens is 276 g/mol. The number of rotatable bonds is 2. The molecule has 1 aliphatic heterocycles. The topological polar surface area (TPSA) is 151 Å². The lowest BCUT2D eigenvalue weighted by Crippen LogP contribution is -2.28. The van der Waals surface area contributed by atoms with Crippen molar-refractivity contribution in [1.82, 2.24) is 15.0 Å². The molecule has 21 heavy (non-hydrogen) atoms. The molecule has 9 nitrogen and oxygen atoms in total. The Balaban J connectivity index is 2.16. The largest absolute Gasteiger partial charge is 0.477 e. The van der Waals surface area contributed by atoms with Crippen LogP contribution < -0.4 is 21.8 Å². The van der Waals surface area contributed by atoms with Gasteiger partial charge in [-0.15, -0.1) is 0 Å². The van der Waals surface area contributed by atoms with Gasteiger partial charge in [0.2, 0.25) is 11.4 Å². The smallest absolute Gasteiger partial charge is 0.341 e. The molecule has 1 fully saturated rings. The number of aromatic carboxylic acids is 1. The number of nitrogens with one attached hydrogen (secondary N) is 1. The molecule has 0 aliphatic carbocycles. The van der Waals surface area contributed by atoms with Crippen LogP contribution in [0.15, 0.2) is 11.0 Å². The molecule has 3 rings (SSSR count). The number of pyridine rings is 1. The summed E-state index contributed by atoms with van der Waals surface area (Å²) < 4.78 is 0. The van der Waals surface area contributed by atoms with E-state index < -0.39 is 17.0 Å². The average Bonchev–Trinajstić information content (AvgIpc) is 2.84. The second kappa shape index (κ2) is 4.70. The molecular formula is C12H14N6O3. The molecule has 2 aromatic rings. The fourth-order valence-electron chi connectivity index (χ4n) is 2.40. The number of nitrogens with zero attached hydrogens (tertiary/aromatic N) is 3. The zero-order chi connectivity index (χ0) is 15.1. The van der Waals surface area contributed by atoms with Crippen LogP contribution in [0.2, 0.25) is 0 Å². The number of anilines is 2. The van der Waals surface area contributed by atoms with E-state index in [0.717, 1.165) is 12.6 Å². The fraction of sp³-hybridized carbons (Fsp3) is 0.333. The Bertz CT molecular complexity index is 786. The van der Waals surface area contributed by atoms with E-state index in [0.29, 0.717) is 19.0 Å². The van der Waals surface area contributed by atoms with Crippen molar-refractivity contribution in [3.63, 3.8) is 0 Å². The van der Waals surface area contributed by atoms with Gasteiger partial charge in [-0.3, -0.25) is 4.79 Å². The van der Waals surface area contributed by atoms with Crippen LogP contribution in [0.3, 0.4) is 0 Å². The van der Waals surface area contributed by atoms with Crippen molar-refractivity contribution >= 4 is 28.8 Å². The van der Waals surface area contributed by atoms with Crippen molar-refractivity contribution in [2.45, 2.75) is 12.5 Å². The molecule has 0 amide bonds. The van der Waals surface area contributed by atoms with E-state index in [-0.39, 0.29) is 22.9 Å².